The molecule has 0 aliphatic heterocycles. The van der Waals surface area contributed by atoms with Crippen molar-refractivity contribution in [2.75, 3.05) is 0 Å². The number of rotatable bonds is 16. The first kappa shape index (κ1) is 30.5. The normalized spacial score (nSPS) is 10.6. The van der Waals surface area contributed by atoms with Gasteiger partial charge in [-0.15, -0.1) is 0 Å². The van der Waals surface area contributed by atoms with Crippen molar-refractivity contribution >= 4 is 14.1 Å². The summed E-state index contributed by atoms with van der Waals surface area (Å²) in [6, 6.07) is 0. The average Bonchev–Trinajstić information content (AvgIpc) is 2.49. The molecule has 0 fully saturated rings. The maximum absolute atomic E-state index is 10.0. The Hall–Kier alpha value is 0.780. The molecule has 25 heavy (non-hydrogen) atoms. The van der Waals surface area contributed by atoms with Gasteiger partial charge in [-0.3, -0.25) is 6.29 Å². The first-order chi connectivity index (χ1) is 11.4. The second-order valence-electron chi connectivity index (χ2n) is 6.36. The van der Waals surface area contributed by atoms with E-state index in [1.807, 2.05) is 6.29 Å². The molecule has 0 aromatic carbocycles. The van der Waals surface area contributed by atoms with Crippen molar-refractivity contribution in [3.63, 3.8) is 0 Å². The maximum Gasteiger partial charge on any atom is 1.00 e. The molecule has 0 rings (SSSR count). The van der Waals surface area contributed by atoms with E-state index in [2.05, 4.69) is 6.92 Å². The molecule has 0 heterocycles. The molecule has 0 aromatic heterocycles. The van der Waals surface area contributed by atoms with Crippen LogP contribution in [0.25, 0.3) is 0 Å². The predicted octanol–water partition coefficient (Wildman–Crippen LogP) is 2.43. The molecular formula is C18H38NaO5P. The van der Waals surface area contributed by atoms with Gasteiger partial charge in [-0.1, -0.05) is 103 Å². The Morgan fingerprint density at radius 2 is 0.880 bits per heavy atom. The number of hydrogen-bond acceptors (Lipinski definition) is 2. The van der Waals surface area contributed by atoms with Crippen LogP contribution in [0, 0.1) is 0 Å². The van der Waals surface area contributed by atoms with E-state index >= 15 is 0 Å². The molecule has 0 aromatic rings. The fraction of sp³-hybridized carbons (Fsp3) is 0.944. The zero-order chi connectivity index (χ0) is 18.5. The predicted molar refractivity (Wildman–Crippen MR) is 99.5 cm³/mol. The summed E-state index contributed by atoms with van der Waals surface area (Å²) in [5, 5.41) is 0. The van der Waals surface area contributed by atoms with Gasteiger partial charge in [0.25, 0.3) is 0 Å². The van der Waals surface area contributed by atoms with Crippen LogP contribution in [0.2, 0.25) is 0 Å². The van der Waals surface area contributed by atoms with Gasteiger partial charge in [0, 0.05) is 0 Å². The molecule has 3 N–H and O–H groups in total. The van der Waals surface area contributed by atoms with Crippen molar-refractivity contribution in [2.24, 2.45) is 0 Å². The van der Waals surface area contributed by atoms with E-state index in [4.69, 9.17) is 19.2 Å². The van der Waals surface area contributed by atoms with Gasteiger partial charge < -0.3 is 19.5 Å². The fourth-order valence-electron chi connectivity index (χ4n) is 2.57. The quantitative estimate of drug-likeness (QED) is 0.163. The molecule has 0 amide bonds. The summed E-state index contributed by atoms with van der Waals surface area (Å²) in [5.74, 6) is 0. The van der Waals surface area contributed by atoms with Crippen molar-refractivity contribution in [2.45, 2.75) is 110 Å². The van der Waals surface area contributed by atoms with E-state index in [1.165, 1.54) is 89.9 Å². The third-order valence-electron chi connectivity index (χ3n) is 3.88. The van der Waals surface area contributed by atoms with Crippen molar-refractivity contribution in [1.29, 1.82) is 0 Å². The van der Waals surface area contributed by atoms with Crippen molar-refractivity contribution in [3.8, 4) is 0 Å². The first-order valence-corrected chi connectivity index (χ1v) is 11.1. The zero-order valence-electron chi connectivity index (χ0n) is 16.4. The summed E-state index contributed by atoms with van der Waals surface area (Å²) in [6.45, 7) is 2.28. The van der Waals surface area contributed by atoms with Crippen LogP contribution in [-0.2, 0) is 9.36 Å². The van der Waals surface area contributed by atoms with Crippen LogP contribution in [0.5, 0.6) is 0 Å². The van der Waals surface area contributed by atoms with Gasteiger partial charge in [-0.2, -0.15) is 6.42 Å². The van der Waals surface area contributed by atoms with E-state index in [0.29, 0.717) is 6.42 Å². The zero-order valence-corrected chi connectivity index (χ0v) is 19.3. The van der Waals surface area contributed by atoms with Gasteiger partial charge in [0.05, 0.1) is 0 Å². The van der Waals surface area contributed by atoms with Crippen molar-refractivity contribution in [3.05, 3.63) is 0 Å². The van der Waals surface area contributed by atoms with E-state index in [-0.39, 0.29) is 29.6 Å². The summed E-state index contributed by atoms with van der Waals surface area (Å²) in [6.07, 6.45) is 23.2. The van der Waals surface area contributed by atoms with Gasteiger partial charge in [-0.25, -0.2) is 4.57 Å². The Morgan fingerprint density at radius 1 is 0.640 bits per heavy atom. The molecule has 0 saturated carbocycles. The first-order valence-electron chi connectivity index (χ1n) is 9.55. The van der Waals surface area contributed by atoms with Crippen LogP contribution < -0.4 is 29.6 Å². The molecule has 5 nitrogen and oxygen atoms in total. The molecule has 0 aliphatic rings. The summed E-state index contributed by atoms with van der Waals surface area (Å²) >= 11 is 0. The standard InChI is InChI=1S/C18H35O.Na.H3O4P/c1-2-3-4-5-6-7-8-9-10-11-12-13-14-15-16-17-18-19;;1-5(2,3)4/h2-17H2,1H3;;(H3,1,2,3,4)/q-1;+1;. The van der Waals surface area contributed by atoms with Gasteiger partial charge in [-0.05, 0) is 0 Å². The Kier molecular flexibility index (Phi) is 30.2. The number of carbonyl (C=O) groups excluding carboxylic acids is 1. The maximum atomic E-state index is 10.0. The van der Waals surface area contributed by atoms with E-state index in [1.54, 1.807) is 0 Å². The minimum Gasteiger partial charge on any atom is -0.542 e. The molecule has 7 heteroatoms. The minimum absolute atomic E-state index is 0. The Balaban J connectivity index is -0.000000704. The fourth-order valence-corrected chi connectivity index (χ4v) is 2.57. The van der Waals surface area contributed by atoms with Gasteiger partial charge >= 0.3 is 37.4 Å². The SMILES string of the molecule is CCCCCCCCCCCCCCCCC[C-]=O.O=P(O)(O)O.[Na+]. The third kappa shape index (κ3) is 45.7. The molecular weight excluding hydrogens is 350 g/mol. The molecule has 0 radical (unpaired) electrons. The van der Waals surface area contributed by atoms with Crippen LogP contribution >= 0.6 is 7.82 Å². The number of unbranched alkanes of at least 4 members (excludes halogenated alkanes) is 15. The Labute approximate surface area is 176 Å². The molecule has 0 atom stereocenters. The van der Waals surface area contributed by atoms with Crippen LogP contribution in [0.4, 0.5) is 0 Å². The summed E-state index contributed by atoms with van der Waals surface area (Å²) < 4.78 is 8.88. The molecule has 0 aliphatic carbocycles. The van der Waals surface area contributed by atoms with Crippen molar-refractivity contribution < 1.29 is 53.6 Å². The smallest absolute Gasteiger partial charge is 0.542 e. The minimum atomic E-state index is -4.64. The molecule has 0 bridgehead atoms. The van der Waals surface area contributed by atoms with E-state index in [9.17, 15) is 4.79 Å². The Morgan fingerprint density at radius 3 is 1.12 bits per heavy atom. The topological polar surface area (TPSA) is 94.8 Å². The number of hydrogen-bond donors (Lipinski definition) is 3. The van der Waals surface area contributed by atoms with Gasteiger partial charge in [0.1, 0.15) is 0 Å². The van der Waals surface area contributed by atoms with E-state index < -0.39 is 7.82 Å². The van der Waals surface area contributed by atoms with Crippen molar-refractivity contribution in [1.82, 2.24) is 0 Å². The number of phosphoric acid groups is 1. The van der Waals surface area contributed by atoms with Gasteiger partial charge in [0.15, 0.2) is 0 Å². The summed E-state index contributed by atoms with van der Waals surface area (Å²) in [7, 11) is -4.64. The van der Waals surface area contributed by atoms with Crippen LogP contribution in [0.15, 0.2) is 0 Å². The third-order valence-corrected chi connectivity index (χ3v) is 3.88. The molecule has 0 unspecified atom stereocenters. The molecule has 146 valence electrons. The Bertz CT molecular complexity index is 289. The molecule has 0 spiro atoms. The summed E-state index contributed by atoms with van der Waals surface area (Å²) in [5.41, 5.74) is 0. The second kappa shape index (κ2) is 24.8. The van der Waals surface area contributed by atoms with Crippen LogP contribution in [0.3, 0.4) is 0 Å². The monoisotopic (exact) mass is 388 g/mol. The average molecular weight is 388 g/mol. The largest absolute Gasteiger partial charge is 1.00 e. The van der Waals surface area contributed by atoms with Gasteiger partial charge in [0.2, 0.25) is 0 Å². The molecule has 0 saturated heterocycles. The second-order valence-corrected chi connectivity index (χ2v) is 7.38. The summed E-state index contributed by atoms with van der Waals surface area (Å²) in [4.78, 5) is 31.6. The van der Waals surface area contributed by atoms with E-state index in [0.717, 1.165) is 6.42 Å². The van der Waals surface area contributed by atoms with Crippen LogP contribution in [-0.4, -0.2) is 21.0 Å². The van der Waals surface area contributed by atoms with Crippen LogP contribution in [0.1, 0.15) is 110 Å².